The summed E-state index contributed by atoms with van der Waals surface area (Å²) in [5, 5.41) is 11.4. The summed E-state index contributed by atoms with van der Waals surface area (Å²) in [7, 11) is 1.77. The lowest BCUT2D eigenvalue weighted by Gasteiger charge is -2.02. The van der Waals surface area contributed by atoms with Crippen LogP contribution in [0.25, 0.3) is 10.6 Å². The van der Waals surface area contributed by atoms with E-state index in [4.69, 9.17) is 16.3 Å². The largest absolute Gasteiger partial charge is 0.476 e. The first-order valence-electron chi connectivity index (χ1n) is 6.92. The van der Waals surface area contributed by atoms with Gasteiger partial charge in [0.25, 0.3) is 5.91 Å². The van der Waals surface area contributed by atoms with Crippen molar-refractivity contribution >= 4 is 34.7 Å². The van der Waals surface area contributed by atoms with Crippen LogP contribution in [0.15, 0.2) is 24.3 Å². The van der Waals surface area contributed by atoms with E-state index >= 15 is 0 Å². The van der Waals surface area contributed by atoms with Gasteiger partial charge >= 0.3 is 0 Å². The van der Waals surface area contributed by atoms with Crippen molar-refractivity contribution in [2.24, 2.45) is 7.05 Å². The highest BCUT2D eigenvalue weighted by Crippen LogP contribution is 2.31. The molecular formula is C14H12ClN5O2S. The predicted octanol–water partition coefficient (Wildman–Crippen LogP) is 2.64. The number of thiophene rings is 1. The summed E-state index contributed by atoms with van der Waals surface area (Å²) >= 11 is 7.39. The zero-order chi connectivity index (χ0) is 16.0. The number of nitrogens with one attached hydrogen (secondary N) is 1. The van der Waals surface area contributed by atoms with Crippen LogP contribution in [0.4, 0.5) is 5.82 Å². The number of aromatic nitrogens is 4. The number of fused-ring (bicyclic) bond motifs is 1. The Bertz CT molecular complexity index is 876. The minimum Gasteiger partial charge on any atom is -0.476 e. The van der Waals surface area contributed by atoms with Gasteiger partial charge in [-0.05, 0) is 12.1 Å². The topological polar surface area (TPSA) is 74.0 Å². The van der Waals surface area contributed by atoms with Gasteiger partial charge in [-0.15, -0.1) is 11.3 Å². The number of nitrogens with zero attached hydrogens (tertiary/aromatic N) is 4. The molecule has 0 aromatic carbocycles. The van der Waals surface area contributed by atoms with Gasteiger partial charge in [0.05, 0.1) is 15.8 Å². The molecule has 0 aliphatic carbocycles. The van der Waals surface area contributed by atoms with E-state index < -0.39 is 0 Å². The molecule has 1 amide bonds. The van der Waals surface area contributed by atoms with E-state index in [1.165, 1.54) is 11.3 Å². The van der Waals surface area contributed by atoms with Gasteiger partial charge in [0.15, 0.2) is 5.69 Å². The fourth-order valence-electron chi connectivity index (χ4n) is 2.36. The van der Waals surface area contributed by atoms with Crippen molar-refractivity contribution in [2.75, 3.05) is 11.9 Å². The molecule has 0 saturated heterocycles. The maximum Gasteiger partial charge on any atom is 0.277 e. The van der Waals surface area contributed by atoms with Crippen LogP contribution in [-0.2, 0) is 13.6 Å². The normalized spacial score (nSPS) is 13.0. The first-order chi connectivity index (χ1) is 11.1. The first kappa shape index (κ1) is 14.3. The summed E-state index contributed by atoms with van der Waals surface area (Å²) in [4.78, 5) is 13.3. The third-order valence-corrected chi connectivity index (χ3v) is 4.73. The summed E-state index contributed by atoms with van der Waals surface area (Å²) in [6.07, 6.45) is 0. The van der Waals surface area contributed by atoms with Crippen LogP contribution in [-0.4, -0.2) is 32.1 Å². The molecule has 0 saturated carbocycles. The molecular weight excluding hydrogens is 338 g/mol. The monoisotopic (exact) mass is 349 g/mol. The fraction of sp³-hybridized carbons (Fsp3) is 0.214. The molecule has 1 aliphatic rings. The van der Waals surface area contributed by atoms with Crippen molar-refractivity contribution in [1.82, 2.24) is 19.6 Å². The van der Waals surface area contributed by atoms with Crippen LogP contribution in [0.5, 0.6) is 5.88 Å². The number of rotatable bonds is 3. The molecule has 1 aliphatic heterocycles. The van der Waals surface area contributed by atoms with Gasteiger partial charge in [-0.1, -0.05) is 11.6 Å². The number of carbonyl (C=O) groups excluding carboxylic acids is 1. The molecule has 0 unspecified atom stereocenters. The minimum absolute atomic E-state index is 0.297. The minimum atomic E-state index is -0.297. The van der Waals surface area contributed by atoms with E-state index in [0.29, 0.717) is 34.9 Å². The van der Waals surface area contributed by atoms with Crippen LogP contribution in [0.2, 0.25) is 4.34 Å². The number of hydrogen-bond donors (Lipinski definition) is 1. The van der Waals surface area contributed by atoms with Crippen molar-refractivity contribution in [3.63, 3.8) is 0 Å². The molecule has 1 N–H and O–H groups in total. The number of amides is 1. The Morgan fingerprint density at radius 1 is 1.39 bits per heavy atom. The maximum atomic E-state index is 12.3. The molecule has 0 atom stereocenters. The second kappa shape index (κ2) is 5.39. The Labute approximate surface area is 140 Å². The van der Waals surface area contributed by atoms with Gasteiger partial charge in [-0.3, -0.25) is 9.48 Å². The molecule has 3 aromatic heterocycles. The molecule has 9 heteroatoms. The van der Waals surface area contributed by atoms with E-state index in [0.717, 1.165) is 10.6 Å². The van der Waals surface area contributed by atoms with E-state index in [1.54, 1.807) is 28.5 Å². The highest BCUT2D eigenvalue weighted by Gasteiger charge is 2.20. The highest BCUT2D eigenvalue weighted by atomic mass is 35.5. The number of carbonyl (C=O) groups is 1. The quantitative estimate of drug-likeness (QED) is 0.788. The van der Waals surface area contributed by atoms with Gasteiger partial charge in [-0.25, -0.2) is 4.68 Å². The van der Waals surface area contributed by atoms with Crippen LogP contribution in [0, 0.1) is 0 Å². The number of hydrogen-bond acceptors (Lipinski definition) is 5. The Hall–Kier alpha value is -2.32. The van der Waals surface area contributed by atoms with Gasteiger partial charge in [0, 0.05) is 19.2 Å². The van der Waals surface area contributed by atoms with Gasteiger partial charge < -0.3 is 10.1 Å². The molecule has 0 radical (unpaired) electrons. The van der Waals surface area contributed by atoms with Crippen LogP contribution >= 0.6 is 22.9 Å². The highest BCUT2D eigenvalue weighted by molar-refractivity contribution is 7.19. The summed E-state index contributed by atoms with van der Waals surface area (Å²) in [6, 6.07) is 7.17. The first-order valence-corrected chi connectivity index (χ1v) is 8.11. The lowest BCUT2D eigenvalue weighted by atomic mass is 10.3. The van der Waals surface area contributed by atoms with E-state index in [-0.39, 0.29) is 5.91 Å². The van der Waals surface area contributed by atoms with Gasteiger partial charge in [0.2, 0.25) is 5.88 Å². The molecule has 4 rings (SSSR count). The van der Waals surface area contributed by atoms with Crippen LogP contribution in [0.1, 0.15) is 10.5 Å². The Balaban J connectivity index is 1.56. The molecule has 0 bridgehead atoms. The molecule has 0 spiro atoms. The van der Waals surface area contributed by atoms with Crippen molar-refractivity contribution in [2.45, 2.75) is 6.54 Å². The molecule has 7 nitrogen and oxygen atoms in total. The zero-order valence-corrected chi connectivity index (χ0v) is 13.7. The van der Waals surface area contributed by atoms with Gasteiger partial charge in [-0.2, -0.15) is 10.2 Å². The number of anilines is 1. The SMILES string of the molecule is Cn1nc(-c2ccc(Cl)s2)cc1NC(=O)c1cc2n(n1)CCO2. The second-order valence-electron chi connectivity index (χ2n) is 5.04. The summed E-state index contributed by atoms with van der Waals surface area (Å²) in [5.41, 5.74) is 1.08. The van der Waals surface area contributed by atoms with Crippen molar-refractivity contribution in [3.05, 3.63) is 34.3 Å². The lowest BCUT2D eigenvalue weighted by molar-refractivity contribution is 0.102. The van der Waals surface area contributed by atoms with Crippen molar-refractivity contribution < 1.29 is 9.53 Å². The van der Waals surface area contributed by atoms with Crippen LogP contribution in [0.3, 0.4) is 0 Å². The third kappa shape index (κ3) is 2.60. The number of halogens is 1. The lowest BCUT2D eigenvalue weighted by Crippen LogP contribution is -2.15. The second-order valence-corrected chi connectivity index (χ2v) is 6.75. The molecule has 23 heavy (non-hydrogen) atoms. The Morgan fingerprint density at radius 2 is 2.26 bits per heavy atom. The Kier molecular flexibility index (Phi) is 3.35. The van der Waals surface area contributed by atoms with E-state index in [1.807, 2.05) is 12.1 Å². The predicted molar refractivity (Wildman–Crippen MR) is 87.2 cm³/mol. The molecule has 118 valence electrons. The standard InChI is InChI=1S/C14H12ClN5O2S/c1-19-12(6-8(17-19)10-2-3-11(15)23-10)16-14(21)9-7-13-20(18-9)4-5-22-13/h2-3,6-7H,4-5H2,1H3,(H,16,21). The fourth-order valence-corrected chi connectivity index (χ4v) is 3.36. The summed E-state index contributed by atoms with van der Waals surface area (Å²) < 4.78 is 9.35. The molecule has 3 aromatic rings. The molecule has 0 fully saturated rings. The van der Waals surface area contributed by atoms with Gasteiger partial charge in [0.1, 0.15) is 18.1 Å². The number of ether oxygens (including phenoxy) is 1. The average molecular weight is 350 g/mol. The van der Waals surface area contributed by atoms with Crippen molar-refractivity contribution in [3.8, 4) is 16.5 Å². The smallest absolute Gasteiger partial charge is 0.277 e. The van der Waals surface area contributed by atoms with E-state index in [2.05, 4.69) is 15.5 Å². The average Bonchev–Trinajstić information content (AvgIpc) is 3.22. The maximum absolute atomic E-state index is 12.3. The molecule has 4 heterocycles. The number of aryl methyl sites for hydroxylation is 1. The van der Waals surface area contributed by atoms with Crippen molar-refractivity contribution in [1.29, 1.82) is 0 Å². The third-order valence-electron chi connectivity index (χ3n) is 3.48. The van der Waals surface area contributed by atoms with E-state index in [9.17, 15) is 4.79 Å². The zero-order valence-electron chi connectivity index (χ0n) is 12.1. The van der Waals surface area contributed by atoms with Crippen LogP contribution < -0.4 is 10.1 Å². The summed E-state index contributed by atoms with van der Waals surface area (Å²) in [5.74, 6) is 0.909. The summed E-state index contributed by atoms with van der Waals surface area (Å²) in [6.45, 7) is 1.26. The Morgan fingerprint density at radius 3 is 3.00 bits per heavy atom.